The van der Waals surface area contributed by atoms with E-state index in [0.29, 0.717) is 16.3 Å². The molecule has 0 bridgehead atoms. The fraction of sp³-hybridized carbons (Fsp3) is 0.103. The molecule has 182 valence electrons. The smallest absolute Gasteiger partial charge is 0.257 e. The second kappa shape index (κ2) is 11.7. The first-order chi connectivity index (χ1) is 17.3. The summed E-state index contributed by atoms with van der Waals surface area (Å²) in [7, 11) is 0. The van der Waals surface area contributed by atoms with Crippen LogP contribution in [0.4, 0.5) is 11.4 Å². The van der Waals surface area contributed by atoms with Gasteiger partial charge in [-0.2, -0.15) is 0 Å². The highest BCUT2D eigenvalue weighted by Gasteiger charge is 2.23. The molecule has 0 spiro atoms. The van der Waals surface area contributed by atoms with E-state index in [9.17, 15) is 9.59 Å². The Morgan fingerprint density at radius 2 is 1.50 bits per heavy atom. The lowest BCUT2D eigenvalue weighted by atomic mass is 10.1. The van der Waals surface area contributed by atoms with E-state index < -0.39 is 5.25 Å². The third kappa shape index (κ3) is 6.49. The van der Waals surface area contributed by atoms with Crippen LogP contribution in [0, 0.1) is 13.8 Å². The quantitative estimate of drug-likeness (QED) is 0.234. The molecule has 0 aliphatic rings. The molecule has 1 atom stereocenters. The molecule has 0 aromatic heterocycles. The zero-order valence-corrected chi connectivity index (χ0v) is 22.0. The van der Waals surface area contributed by atoms with Crippen molar-refractivity contribution < 1.29 is 9.59 Å². The molecule has 4 aromatic rings. The number of halogens is 2. The Balaban J connectivity index is 1.55. The number of hydrogen-bond acceptors (Lipinski definition) is 3. The van der Waals surface area contributed by atoms with Gasteiger partial charge in [0.1, 0.15) is 5.25 Å². The maximum absolute atomic E-state index is 13.4. The third-order valence-electron chi connectivity index (χ3n) is 5.64. The van der Waals surface area contributed by atoms with Crippen LogP contribution in [0.2, 0.25) is 10.0 Å². The number of carbonyl (C=O) groups is 2. The van der Waals surface area contributed by atoms with Crippen molar-refractivity contribution in [1.29, 1.82) is 0 Å². The molecular formula is C29H24Cl2N2O2S. The van der Waals surface area contributed by atoms with Gasteiger partial charge in [-0.1, -0.05) is 65.7 Å². The molecule has 0 aliphatic heterocycles. The second-order valence-electron chi connectivity index (χ2n) is 8.30. The lowest BCUT2D eigenvalue weighted by Crippen LogP contribution is -2.19. The molecule has 0 heterocycles. The molecule has 4 aromatic carbocycles. The predicted octanol–water partition coefficient (Wildman–Crippen LogP) is 8.33. The van der Waals surface area contributed by atoms with Crippen molar-refractivity contribution in [2.45, 2.75) is 24.0 Å². The van der Waals surface area contributed by atoms with E-state index in [0.717, 1.165) is 21.7 Å². The Bertz CT molecular complexity index is 1410. The molecular weight excluding hydrogens is 511 g/mol. The Morgan fingerprint density at radius 1 is 0.750 bits per heavy atom. The van der Waals surface area contributed by atoms with Crippen LogP contribution >= 0.6 is 35.0 Å². The average Bonchev–Trinajstić information content (AvgIpc) is 2.85. The number of anilines is 2. The molecule has 36 heavy (non-hydrogen) atoms. The van der Waals surface area contributed by atoms with Crippen LogP contribution in [-0.4, -0.2) is 11.8 Å². The molecule has 0 saturated heterocycles. The number of aryl methyl sites for hydroxylation is 2. The number of hydrogen-bond donors (Lipinski definition) is 2. The monoisotopic (exact) mass is 534 g/mol. The summed E-state index contributed by atoms with van der Waals surface area (Å²) >= 11 is 13.5. The number of benzene rings is 4. The zero-order chi connectivity index (χ0) is 25.7. The summed E-state index contributed by atoms with van der Waals surface area (Å²) in [4.78, 5) is 27.0. The van der Waals surface area contributed by atoms with Crippen molar-refractivity contribution >= 4 is 58.2 Å². The summed E-state index contributed by atoms with van der Waals surface area (Å²) in [6, 6.07) is 27.6. The van der Waals surface area contributed by atoms with Crippen molar-refractivity contribution in [2.24, 2.45) is 0 Å². The van der Waals surface area contributed by atoms with Gasteiger partial charge in [-0.3, -0.25) is 9.59 Å². The molecule has 0 radical (unpaired) electrons. The Hall–Kier alpha value is -3.25. The molecule has 2 N–H and O–H groups in total. The summed E-state index contributed by atoms with van der Waals surface area (Å²) < 4.78 is 0. The van der Waals surface area contributed by atoms with Gasteiger partial charge in [0.2, 0.25) is 5.91 Å². The van der Waals surface area contributed by atoms with Crippen LogP contribution in [0.1, 0.15) is 32.3 Å². The molecule has 0 fully saturated rings. The maximum Gasteiger partial charge on any atom is 0.257 e. The van der Waals surface area contributed by atoms with Gasteiger partial charge in [0.15, 0.2) is 0 Å². The van der Waals surface area contributed by atoms with Crippen molar-refractivity contribution in [3.8, 4) is 0 Å². The van der Waals surface area contributed by atoms with Gasteiger partial charge in [0.25, 0.3) is 5.91 Å². The molecule has 4 nitrogen and oxygen atoms in total. The van der Waals surface area contributed by atoms with Crippen LogP contribution in [0.15, 0.2) is 95.9 Å². The minimum atomic E-state index is -0.496. The van der Waals surface area contributed by atoms with Gasteiger partial charge in [0, 0.05) is 21.3 Å². The minimum absolute atomic E-state index is 0.128. The third-order valence-corrected chi connectivity index (χ3v) is 7.43. The highest BCUT2D eigenvalue weighted by atomic mass is 35.5. The highest BCUT2D eigenvalue weighted by molar-refractivity contribution is 8.00. The fourth-order valence-electron chi connectivity index (χ4n) is 3.58. The number of amides is 2. The van der Waals surface area contributed by atoms with E-state index in [1.54, 1.807) is 18.2 Å². The van der Waals surface area contributed by atoms with E-state index in [4.69, 9.17) is 23.2 Å². The largest absolute Gasteiger partial charge is 0.325 e. The van der Waals surface area contributed by atoms with E-state index in [1.165, 1.54) is 23.4 Å². The van der Waals surface area contributed by atoms with Crippen molar-refractivity contribution in [3.05, 3.63) is 123 Å². The summed E-state index contributed by atoms with van der Waals surface area (Å²) in [6.07, 6.45) is 0. The van der Waals surface area contributed by atoms with E-state index >= 15 is 0 Å². The minimum Gasteiger partial charge on any atom is -0.325 e. The molecule has 4 rings (SSSR count). The number of nitrogens with one attached hydrogen (secondary N) is 2. The van der Waals surface area contributed by atoms with E-state index in [2.05, 4.69) is 10.6 Å². The topological polar surface area (TPSA) is 58.2 Å². The Morgan fingerprint density at radius 3 is 2.22 bits per heavy atom. The molecule has 7 heteroatoms. The van der Waals surface area contributed by atoms with E-state index in [1.807, 2.05) is 80.6 Å². The summed E-state index contributed by atoms with van der Waals surface area (Å²) in [5.41, 5.74) is 4.84. The fourth-order valence-corrected chi connectivity index (χ4v) is 5.16. The molecule has 0 aliphatic carbocycles. The van der Waals surface area contributed by atoms with Gasteiger partial charge in [-0.05, 0) is 79.1 Å². The Kier molecular flexibility index (Phi) is 8.36. The van der Waals surface area contributed by atoms with Gasteiger partial charge >= 0.3 is 0 Å². The van der Waals surface area contributed by atoms with Crippen molar-refractivity contribution in [3.63, 3.8) is 0 Å². The van der Waals surface area contributed by atoms with Crippen LogP contribution in [0.25, 0.3) is 0 Å². The molecule has 0 saturated carbocycles. The van der Waals surface area contributed by atoms with Gasteiger partial charge < -0.3 is 10.6 Å². The van der Waals surface area contributed by atoms with Crippen LogP contribution in [0.3, 0.4) is 0 Å². The van der Waals surface area contributed by atoms with Crippen LogP contribution in [0.5, 0.6) is 0 Å². The first kappa shape index (κ1) is 25.8. The van der Waals surface area contributed by atoms with Gasteiger partial charge in [0.05, 0.1) is 10.6 Å². The average molecular weight is 535 g/mol. The normalized spacial score (nSPS) is 11.6. The predicted molar refractivity (Wildman–Crippen MR) is 150 cm³/mol. The Labute approximate surface area is 225 Å². The zero-order valence-electron chi connectivity index (χ0n) is 19.7. The number of rotatable bonds is 7. The van der Waals surface area contributed by atoms with Crippen LogP contribution < -0.4 is 10.6 Å². The number of thioether (sulfide) groups is 1. The molecule has 1 unspecified atom stereocenters. The lowest BCUT2D eigenvalue weighted by Gasteiger charge is -2.18. The van der Waals surface area contributed by atoms with Gasteiger partial charge in [-0.15, -0.1) is 11.8 Å². The summed E-state index contributed by atoms with van der Waals surface area (Å²) in [6.45, 7) is 4.06. The molecule has 2 amide bonds. The van der Waals surface area contributed by atoms with Crippen LogP contribution in [-0.2, 0) is 4.79 Å². The standard InChI is InChI=1S/C29H24Cl2N2O2S/c1-18-11-13-23(15-19(18)2)33-29(35)27(20-7-4-3-5-8-20)36-24-10-6-9-22(17-24)32-28(34)25-14-12-21(30)16-26(25)31/h3-17,27H,1-2H3,(H,32,34)(H,33,35). The summed E-state index contributed by atoms with van der Waals surface area (Å²) in [5.74, 6) is -0.470. The SMILES string of the molecule is Cc1ccc(NC(=O)C(Sc2cccc(NC(=O)c3ccc(Cl)cc3Cl)c2)c2ccccc2)cc1C. The van der Waals surface area contributed by atoms with E-state index in [-0.39, 0.29) is 16.8 Å². The lowest BCUT2D eigenvalue weighted by molar-refractivity contribution is -0.115. The maximum atomic E-state index is 13.4. The highest BCUT2D eigenvalue weighted by Crippen LogP contribution is 2.37. The number of carbonyl (C=O) groups excluding carboxylic acids is 2. The first-order valence-corrected chi connectivity index (χ1v) is 12.9. The van der Waals surface area contributed by atoms with Crippen molar-refractivity contribution in [2.75, 3.05) is 10.6 Å². The van der Waals surface area contributed by atoms with Gasteiger partial charge in [-0.25, -0.2) is 0 Å². The second-order valence-corrected chi connectivity index (χ2v) is 10.3. The summed E-state index contributed by atoms with van der Waals surface area (Å²) in [5, 5.41) is 6.16. The van der Waals surface area contributed by atoms with Crippen molar-refractivity contribution in [1.82, 2.24) is 0 Å². The first-order valence-electron chi connectivity index (χ1n) is 11.3.